The fourth-order valence-corrected chi connectivity index (χ4v) is 4.08. The maximum absolute atomic E-state index is 12.6. The molecule has 1 atom stereocenters. The average molecular weight is 488 g/mol. The zero-order valence-electron chi connectivity index (χ0n) is 17.6. The quantitative estimate of drug-likeness (QED) is 0.331. The van der Waals surface area contributed by atoms with Crippen molar-refractivity contribution in [1.29, 1.82) is 0 Å². The maximum atomic E-state index is 12.6. The number of alkyl halides is 1. The highest BCUT2D eigenvalue weighted by atomic mass is 35.5. The molecule has 0 spiro atoms. The Hall–Kier alpha value is -3.56. The van der Waals surface area contributed by atoms with Gasteiger partial charge in [-0.25, -0.2) is 17.9 Å². The van der Waals surface area contributed by atoms with Gasteiger partial charge in [-0.3, -0.25) is 4.79 Å². The van der Waals surface area contributed by atoms with Crippen LogP contribution >= 0.6 is 11.6 Å². The third kappa shape index (κ3) is 6.96. The predicted octanol–water partition coefficient (Wildman–Crippen LogP) is 3.63. The molecule has 0 saturated heterocycles. The van der Waals surface area contributed by atoms with Crippen molar-refractivity contribution in [3.63, 3.8) is 0 Å². The Morgan fingerprint density at radius 2 is 1.61 bits per heavy atom. The summed E-state index contributed by atoms with van der Waals surface area (Å²) in [5.74, 6) is 0.797. The Bertz CT molecular complexity index is 1220. The fraction of sp³-hybridized carbons (Fsp3) is 0.130. The van der Waals surface area contributed by atoms with E-state index >= 15 is 0 Å². The highest BCUT2D eigenvalue weighted by Gasteiger charge is 2.17. The van der Waals surface area contributed by atoms with Crippen molar-refractivity contribution in [3.05, 3.63) is 90.0 Å². The Kier molecular flexibility index (Phi) is 7.92. The number of urea groups is 1. The number of para-hydroxylation sites is 1. The number of hydrogen-bond acceptors (Lipinski definition) is 5. The van der Waals surface area contributed by atoms with E-state index in [1.54, 1.807) is 36.4 Å². The third-order valence-corrected chi connectivity index (χ3v) is 6.08. The van der Waals surface area contributed by atoms with Crippen molar-refractivity contribution in [2.24, 2.45) is 0 Å². The first kappa shape index (κ1) is 24.1. The number of sulfonamides is 1. The first-order valence-corrected chi connectivity index (χ1v) is 11.8. The Balaban J connectivity index is 1.59. The molecule has 0 radical (unpaired) electrons. The molecule has 0 aliphatic heterocycles. The zero-order chi connectivity index (χ0) is 23.8. The summed E-state index contributed by atoms with van der Waals surface area (Å²) in [5.41, 5.74) is 0.355. The number of carbonyl (C=O) groups is 2. The molecule has 0 heterocycles. The van der Waals surface area contributed by atoms with Crippen LogP contribution in [0.15, 0.2) is 83.8 Å². The van der Waals surface area contributed by atoms with Crippen LogP contribution < -0.4 is 20.1 Å². The van der Waals surface area contributed by atoms with Crippen LogP contribution in [0, 0.1) is 0 Å². The van der Waals surface area contributed by atoms with E-state index in [-0.39, 0.29) is 17.2 Å². The summed E-state index contributed by atoms with van der Waals surface area (Å²) in [6, 6.07) is 20.9. The summed E-state index contributed by atoms with van der Waals surface area (Å²) in [6.07, 6.45) is 0.261. The topological polar surface area (TPSA) is 114 Å². The summed E-state index contributed by atoms with van der Waals surface area (Å²) in [7, 11) is -2.66. The summed E-state index contributed by atoms with van der Waals surface area (Å²) < 4.78 is 31.9. The number of benzene rings is 3. The lowest BCUT2D eigenvalue weighted by molar-refractivity contribution is 0.0948. The van der Waals surface area contributed by atoms with E-state index in [0.29, 0.717) is 22.6 Å². The van der Waals surface area contributed by atoms with Crippen molar-refractivity contribution in [2.75, 3.05) is 7.05 Å². The molecule has 0 saturated carbocycles. The van der Waals surface area contributed by atoms with Crippen LogP contribution in [0.4, 0.5) is 4.79 Å². The second-order valence-corrected chi connectivity index (χ2v) is 9.13. The van der Waals surface area contributed by atoms with E-state index in [1.165, 1.54) is 19.2 Å². The van der Waals surface area contributed by atoms with Crippen molar-refractivity contribution in [3.8, 4) is 11.5 Å². The highest BCUT2D eigenvalue weighted by molar-refractivity contribution is 7.90. The highest BCUT2D eigenvalue weighted by Crippen LogP contribution is 2.22. The molecule has 8 nitrogen and oxygen atoms in total. The predicted molar refractivity (Wildman–Crippen MR) is 125 cm³/mol. The number of halogens is 1. The van der Waals surface area contributed by atoms with Gasteiger partial charge in [-0.05, 0) is 48.0 Å². The van der Waals surface area contributed by atoms with E-state index in [0.717, 1.165) is 0 Å². The molecular weight excluding hydrogens is 466 g/mol. The van der Waals surface area contributed by atoms with Crippen LogP contribution in [-0.2, 0) is 16.4 Å². The van der Waals surface area contributed by atoms with Gasteiger partial charge >= 0.3 is 6.03 Å². The van der Waals surface area contributed by atoms with Gasteiger partial charge in [0.2, 0.25) is 0 Å². The van der Waals surface area contributed by atoms with Crippen LogP contribution in [0.3, 0.4) is 0 Å². The molecule has 1 unspecified atom stereocenters. The largest absolute Gasteiger partial charge is 0.457 e. The molecule has 3 aromatic rings. The normalized spacial score (nSPS) is 11.8. The summed E-state index contributed by atoms with van der Waals surface area (Å²) in [4.78, 5) is 23.8. The summed E-state index contributed by atoms with van der Waals surface area (Å²) in [6.45, 7) is 0. The van der Waals surface area contributed by atoms with Crippen LogP contribution in [0.5, 0.6) is 11.5 Å². The first-order chi connectivity index (χ1) is 15.8. The molecule has 3 amide bonds. The van der Waals surface area contributed by atoms with Gasteiger partial charge < -0.3 is 15.4 Å². The standard InChI is InChI=1S/C23H22ClN3O5S/c1-25-23(29)27-33(30,31)20-12-10-16(11-13-20)14-21(24)26-22(28)17-6-5-9-19(15-17)32-18-7-3-2-4-8-18/h2-13,15,21H,14H2,1H3,(H,26,28)(H2,25,27,29). The summed E-state index contributed by atoms with van der Waals surface area (Å²) >= 11 is 6.30. The minimum atomic E-state index is -3.98. The smallest absolute Gasteiger partial charge is 0.328 e. The van der Waals surface area contributed by atoms with Gasteiger partial charge in [0, 0.05) is 19.0 Å². The van der Waals surface area contributed by atoms with E-state index in [1.807, 2.05) is 35.1 Å². The van der Waals surface area contributed by atoms with Crippen molar-refractivity contribution >= 4 is 33.6 Å². The number of carbonyl (C=O) groups excluding carboxylic acids is 2. The second kappa shape index (κ2) is 10.8. The number of nitrogens with one attached hydrogen (secondary N) is 3. The molecule has 3 rings (SSSR count). The van der Waals surface area contributed by atoms with Gasteiger partial charge in [0.05, 0.1) is 4.90 Å². The monoisotopic (exact) mass is 487 g/mol. The van der Waals surface area contributed by atoms with Crippen molar-refractivity contribution < 1.29 is 22.7 Å². The van der Waals surface area contributed by atoms with Crippen molar-refractivity contribution in [1.82, 2.24) is 15.4 Å². The van der Waals surface area contributed by atoms with E-state index < -0.39 is 21.6 Å². The Morgan fingerprint density at radius 1 is 0.939 bits per heavy atom. The Labute approximate surface area is 197 Å². The lowest BCUT2D eigenvalue weighted by atomic mass is 10.1. The van der Waals surface area contributed by atoms with Gasteiger partial charge in [-0.1, -0.05) is 48.0 Å². The lowest BCUT2D eigenvalue weighted by Crippen LogP contribution is -2.37. The first-order valence-electron chi connectivity index (χ1n) is 9.88. The molecule has 172 valence electrons. The molecule has 3 N–H and O–H groups in total. The number of rotatable bonds is 8. The molecule has 0 aliphatic rings. The Morgan fingerprint density at radius 3 is 2.27 bits per heavy atom. The van der Waals surface area contributed by atoms with Crippen LogP contribution in [0.25, 0.3) is 0 Å². The minimum absolute atomic E-state index is 0.0692. The molecular formula is C23H22ClN3O5S. The zero-order valence-corrected chi connectivity index (χ0v) is 19.2. The lowest BCUT2D eigenvalue weighted by Gasteiger charge is -2.13. The average Bonchev–Trinajstić information content (AvgIpc) is 2.80. The molecule has 0 bridgehead atoms. The third-order valence-electron chi connectivity index (χ3n) is 4.47. The van der Waals surface area contributed by atoms with E-state index in [4.69, 9.17) is 16.3 Å². The van der Waals surface area contributed by atoms with Gasteiger partial charge in [-0.15, -0.1) is 0 Å². The van der Waals surface area contributed by atoms with E-state index in [9.17, 15) is 18.0 Å². The van der Waals surface area contributed by atoms with Crippen LogP contribution in [0.2, 0.25) is 0 Å². The molecule has 3 aromatic carbocycles. The maximum Gasteiger partial charge on any atom is 0.328 e. The minimum Gasteiger partial charge on any atom is -0.457 e. The molecule has 33 heavy (non-hydrogen) atoms. The van der Waals surface area contributed by atoms with Crippen LogP contribution in [-0.4, -0.2) is 32.9 Å². The number of ether oxygens (including phenoxy) is 1. The molecule has 0 fully saturated rings. The van der Waals surface area contributed by atoms with Crippen molar-refractivity contribution in [2.45, 2.75) is 16.8 Å². The van der Waals surface area contributed by atoms with E-state index in [2.05, 4.69) is 10.6 Å². The van der Waals surface area contributed by atoms with Crippen LogP contribution in [0.1, 0.15) is 15.9 Å². The summed E-state index contributed by atoms with van der Waals surface area (Å²) in [5, 5.41) is 4.88. The molecule has 0 aliphatic carbocycles. The second-order valence-electron chi connectivity index (χ2n) is 6.92. The van der Waals surface area contributed by atoms with Gasteiger partial charge in [0.25, 0.3) is 15.9 Å². The fourth-order valence-electron chi connectivity index (χ4n) is 2.85. The van der Waals surface area contributed by atoms with Gasteiger partial charge in [-0.2, -0.15) is 0 Å². The molecule has 10 heteroatoms. The number of hydrogen-bond donors (Lipinski definition) is 3. The van der Waals surface area contributed by atoms with Gasteiger partial charge in [0.15, 0.2) is 0 Å². The van der Waals surface area contributed by atoms with Gasteiger partial charge in [0.1, 0.15) is 17.0 Å². The molecule has 0 aromatic heterocycles. The number of amides is 3. The SMILES string of the molecule is CNC(=O)NS(=O)(=O)c1ccc(CC(Cl)NC(=O)c2cccc(Oc3ccccc3)c2)cc1.